The summed E-state index contributed by atoms with van der Waals surface area (Å²) in [4.78, 5) is 0. The third-order valence-electron chi connectivity index (χ3n) is 1.94. The molecule has 0 spiro atoms. The molecule has 0 aromatic heterocycles. The van der Waals surface area contributed by atoms with Crippen molar-refractivity contribution in [2.24, 2.45) is 0 Å². The molecule has 2 aromatic carbocycles. The third-order valence-corrected chi connectivity index (χ3v) is 1.94. The van der Waals surface area contributed by atoms with Crippen molar-refractivity contribution in [3.05, 3.63) is 48.0 Å². The van der Waals surface area contributed by atoms with E-state index < -0.39 is 0 Å². The molecule has 14 heavy (non-hydrogen) atoms. The van der Waals surface area contributed by atoms with E-state index in [0.717, 1.165) is 10.9 Å². The number of fused-ring (bicyclic) bond motifs is 1. The van der Waals surface area contributed by atoms with Gasteiger partial charge in [0.1, 0.15) is 0 Å². The summed E-state index contributed by atoms with van der Waals surface area (Å²) >= 11 is 0. The van der Waals surface area contributed by atoms with Gasteiger partial charge in [-0.05, 0) is 22.9 Å². The first-order chi connectivity index (χ1) is 6.40. The number of hydrogen-bond acceptors (Lipinski definition) is 1. The topological polar surface area (TPSA) is 23.1 Å². The molecule has 0 aliphatic heterocycles. The molecule has 0 aliphatic carbocycles. The zero-order valence-corrected chi connectivity index (χ0v) is 11.1. The van der Waals surface area contributed by atoms with E-state index in [1.807, 2.05) is 42.5 Å². The van der Waals surface area contributed by atoms with Crippen LogP contribution in [0.15, 0.2) is 42.5 Å². The standard InChI is InChI=1S/C12H8O.K/c13-8-7-10-5-6-11-3-1-2-4-12(11)9-10;/h1-6,9,13H;/q;+1/p-1. The Hall–Kier alpha value is -0.304. The molecule has 0 fully saturated rings. The monoisotopic (exact) mass is 206 g/mol. The zero-order valence-electron chi connectivity index (χ0n) is 7.95. The van der Waals surface area contributed by atoms with Gasteiger partial charge in [0.2, 0.25) is 0 Å². The molecule has 0 atom stereocenters. The molecule has 2 aromatic rings. The Balaban J connectivity index is 0.000000980. The van der Waals surface area contributed by atoms with Gasteiger partial charge in [0.05, 0.1) is 0 Å². The molecule has 2 rings (SSSR count). The van der Waals surface area contributed by atoms with Gasteiger partial charge >= 0.3 is 51.4 Å². The fraction of sp³-hybridized carbons (Fsp3) is 0. The summed E-state index contributed by atoms with van der Waals surface area (Å²) in [5.74, 6) is 2.49. The van der Waals surface area contributed by atoms with Gasteiger partial charge < -0.3 is 5.11 Å². The first kappa shape index (κ1) is 11.8. The third kappa shape index (κ3) is 2.60. The van der Waals surface area contributed by atoms with Crippen LogP contribution in [0.5, 0.6) is 0 Å². The second-order valence-electron chi connectivity index (χ2n) is 2.79. The molecule has 0 saturated carbocycles. The average molecular weight is 206 g/mol. The molecular formula is C12H7KO. The first-order valence-corrected chi connectivity index (χ1v) is 4.02. The summed E-state index contributed by atoms with van der Waals surface area (Å²) in [5.41, 5.74) is 0.772. The molecule has 0 unspecified atom stereocenters. The molecular weight excluding hydrogens is 199 g/mol. The molecule has 2 heteroatoms. The van der Waals surface area contributed by atoms with Crippen molar-refractivity contribution >= 4 is 10.8 Å². The van der Waals surface area contributed by atoms with Gasteiger partial charge in [-0.25, -0.2) is 0 Å². The maximum atomic E-state index is 10.1. The number of rotatable bonds is 0. The van der Waals surface area contributed by atoms with Crippen molar-refractivity contribution in [1.29, 1.82) is 0 Å². The van der Waals surface area contributed by atoms with Crippen molar-refractivity contribution < 1.29 is 56.5 Å². The summed E-state index contributed by atoms with van der Waals surface area (Å²) in [6.45, 7) is 0. The average Bonchev–Trinajstić information content (AvgIpc) is 2.18. The first-order valence-electron chi connectivity index (χ1n) is 4.02. The molecule has 0 amide bonds. The SMILES string of the molecule is [K+].[O-]C#Cc1ccc2ccccc2c1. The van der Waals surface area contributed by atoms with Crippen LogP contribution in [-0.4, -0.2) is 0 Å². The maximum absolute atomic E-state index is 10.1. The van der Waals surface area contributed by atoms with Gasteiger partial charge in [0.15, 0.2) is 0 Å². The van der Waals surface area contributed by atoms with Crippen molar-refractivity contribution in [3.63, 3.8) is 0 Å². The molecule has 0 bridgehead atoms. The summed E-state index contributed by atoms with van der Waals surface area (Å²) in [6.07, 6.45) is 1.65. The predicted molar refractivity (Wildman–Crippen MR) is 50.8 cm³/mol. The van der Waals surface area contributed by atoms with Crippen molar-refractivity contribution in [1.82, 2.24) is 0 Å². The van der Waals surface area contributed by atoms with E-state index in [1.165, 1.54) is 5.39 Å². The van der Waals surface area contributed by atoms with Crippen LogP contribution in [0.3, 0.4) is 0 Å². The molecule has 0 radical (unpaired) electrons. The second-order valence-corrected chi connectivity index (χ2v) is 2.79. The van der Waals surface area contributed by atoms with Crippen molar-refractivity contribution in [3.8, 4) is 12.0 Å². The summed E-state index contributed by atoms with van der Waals surface area (Å²) in [6, 6.07) is 13.7. The second kappa shape index (κ2) is 5.55. The van der Waals surface area contributed by atoms with E-state index in [4.69, 9.17) is 0 Å². The minimum absolute atomic E-state index is 0. The van der Waals surface area contributed by atoms with E-state index in [-0.39, 0.29) is 51.4 Å². The smallest absolute Gasteiger partial charge is 0.833 e. The van der Waals surface area contributed by atoms with Gasteiger partial charge in [0.25, 0.3) is 0 Å². The minimum atomic E-state index is 0. The fourth-order valence-electron chi connectivity index (χ4n) is 1.33. The van der Waals surface area contributed by atoms with E-state index in [1.54, 1.807) is 6.11 Å². The van der Waals surface area contributed by atoms with Gasteiger partial charge in [-0.1, -0.05) is 36.3 Å². The van der Waals surface area contributed by atoms with E-state index >= 15 is 0 Å². The largest absolute Gasteiger partial charge is 1.00 e. The Labute approximate surface area is 126 Å². The Morgan fingerprint density at radius 2 is 1.64 bits per heavy atom. The molecule has 0 N–H and O–H groups in total. The number of hydrogen-bond donors (Lipinski definition) is 0. The van der Waals surface area contributed by atoms with Crippen LogP contribution in [0.25, 0.3) is 10.8 Å². The molecule has 0 saturated heterocycles. The van der Waals surface area contributed by atoms with Gasteiger partial charge in [-0.15, -0.1) is 0 Å². The van der Waals surface area contributed by atoms with Crippen LogP contribution in [0.4, 0.5) is 0 Å². The Bertz CT molecular complexity index is 494. The van der Waals surface area contributed by atoms with Crippen LogP contribution in [0.1, 0.15) is 5.56 Å². The van der Waals surface area contributed by atoms with Crippen molar-refractivity contribution in [2.45, 2.75) is 0 Å². The Morgan fingerprint density at radius 3 is 2.36 bits per heavy atom. The van der Waals surface area contributed by atoms with Gasteiger partial charge in [0, 0.05) is 5.56 Å². The molecule has 1 nitrogen and oxygen atoms in total. The maximum Gasteiger partial charge on any atom is 1.00 e. The van der Waals surface area contributed by atoms with Crippen LogP contribution in [0, 0.1) is 12.0 Å². The van der Waals surface area contributed by atoms with Crippen LogP contribution >= 0.6 is 0 Å². The summed E-state index contributed by atoms with van der Waals surface area (Å²) in [5, 5.41) is 12.4. The van der Waals surface area contributed by atoms with E-state index in [2.05, 4.69) is 5.92 Å². The molecule has 62 valence electrons. The molecule has 0 heterocycles. The van der Waals surface area contributed by atoms with E-state index in [9.17, 15) is 5.11 Å². The quantitative estimate of drug-likeness (QED) is 0.380. The summed E-state index contributed by atoms with van der Waals surface area (Å²) in [7, 11) is 0. The fourth-order valence-corrected chi connectivity index (χ4v) is 1.33. The Morgan fingerprint density at radius 1 is 0.929 bits per heavy atom. The zero-order chi connectivity index (χ0) is 9.10. The van der Waals surface area contributed by atoms with Gasteiger partial charge in [-0.2, -0.15) is 6.11 Å². The van der Waals surface area contributed by atoms with Crippen molar-refractivity contribution in [2.75, 3.05) is 0 Å². The van der Waals surface area contributed by atoms with Crippen LogP contribution < -0.4 is 56.5 Å². The van der Waals surface area contributed by atoms with Crippen LogP contribution in [-0.2, 0) is 0 Å². The minimum Gasteiger partial charge on any atom is -0.833 e. The molecule has 0 aliphatic rings. The van der Waals surface area contributed by atoms with Gasteiger partial charge in [-0.3, -0.25) is 0 Å². The normalized spacial score (nSPS) is 8.57. The Kier molecular flexibility index (Phi) is 4.66. The number of benzene rings is 2. The van der Waals surface area contributed by atoms with Crippen LogP contribution in [0.2, 0.25) is 0 Å². The summed E-state index contributed by atoms with van der Waals surface area (Å²) < 4.78 is 0. The predicted octanol–water partition coefficient (Wildman–Crippen LogP) is -1.49. The van der Waals surface area contributed by atoms with E-state index in [0.29, 0.717) is 0 Å².